The van der Waals surface area contributed by atoms with Crippen molar-refractivity contribution in [1.82, 2.24) is 4.98 Å². The Kier molecular flexibility index (Phi) is 5.52. The molecule has 0 radical (unpaired) electrons. The predicted octanol–water partition coefficient (Wildman–Crippen LogP) is 3.13. The molecule has 0 aliphatic carbocycles. The number of carbonyl (C=O) groups excluding carboxylic acids is 1. The van der Waals surface area contributed by atoms with Crippen LogP contribution in [0.2, 0.25) is 0 Å². The number of thiazole rings is 1. The van der Waals surface area contributed by atoms with Gasteiger partial charge in [-0.2, -0.15) is 0 Å². The molecule has 5 nitrogen and oxygen atoms in total. The van der Waals surface area contributed by atoms with Crippen molar-refractivity contribution in [3.8, 4) is 16.3 Å². The Morgan fingerprint density at radius 1 is 1.24 bits per heavy atom. The van der Waals surface area contributed by atoms with E-state index in [1.807, 2.05) is 17.5 Å². The normalized spacial score (nSPS) is 10.4. The molecule has 2 aromatic carbocycles. The SMILES string of the molecule is COC(=O)c1cccc(B(O)Oc2ccc(-c3nc(Br)cs3)cc2)c1. The van der Waals surface area contributed by atoms with Crippen LogP contribution in [0.3, 0.4) is 0 Å². The van der Waals surface area contributed by atoms with Gasteiger partial charge in [0.25, 0.3) is 0 Å². The molecule has 0 saturated carbocycles. The minimum absolute atomic E-state index is 0.354. The van der Waals surface area contributed by atoms with E-state index in [4.69, 9.17) is 4.65 Å². The molecule has 0 atom stereocenters. The zero-order chi connectivity index (χ0) is 17.8. The second-order valence-electron chi connectivity index (χ2n) is 5.09. The summed E-state index contributed by atoms with van der Waals surface area (Å²) in [6, 6.07) is 13.8. The Morgan fingerprint density at radius 2 is 2.00 bits per heavy atom. The lowest BCUT2D eigenvalue weighted by atomic mass is 9.78. The van der Waals surface area contributed by atoms with Crippen LogP contribution in [-0.4, -0.2) is 30.2 Å². The number of aromatic nitrogens is 1. The molecule has 0 saturated heterocycles. The van der Waals surface area contributed by atoms with Crippen molar-refractivity contribution in [2.75, 3.05) is 7.11 Å². The lowest BCUT2D eigenvalue weighted by Crippen LogP contribution is -2.37. The molecule has 0 amide bonds. The van der Waals surface area contributed by atoms with Gasteiger partial charge in [-0.05, 0) is 57.8 Å². The van der Waals surface area contributed by atoms with Gasteiger partial charge in [-0.25, -0.2) is 9.78 Å². The topological polar surface area (TPSA) is 68.7 Å². The number of hydrogen-bond donors (Lipinski definition) is 1. The smallest absolute Gasteiger partial charge is 0.532 e. The maximum absolute atomic E-state index is 11.6. The average molecular weight is 418 g/mol. The van der Waals surface area contributed by atoms with Crippen LogP contribution < -0.4 is 10.1 Å². The van der Waals surface area contributed by atoms with E-state index in [-0.39, 0.29) is 0 Å². The van der Waals surface area contributed by atoms with Crippen LogP contribution in [0, 0.1) is 0 Å². The largest absolute Gasteiger partial charge is 0.560 e. The maximum atomic E-state index is 11.6. The minimum atomic E-state index is -1.19. The van der Waals surface area contributed by atoms with Gasteiger partial charge in [0.1, 0.15) is 15.4 Å². The zero-order valence-electron chi connectivity index (χ0n) is 13.2. The average Bonchev–Trinajstić information content (AvgIpc) is 3.08. The third-order valence-corrected chi connectivity index (χ3v) is 5.02. The summed E-state index contributed by atoms with van der Waals surface area (Å²) in [7, 11) is 0.120. The van der Waals surface area contributed by atoms with Crippen LogP contribution in [-0.2, 0) is 4.74 Å². The molecular weight excluding hydrogens is 405 g/mol. The summed E-state index contributed by atoms with van der Waals surface area (Å²) in [6.45, 7) is 0. The summed E-state index contributed by atoms with van der Waals surface area (Å²) in [4.78, 5) is 15.9. The summed E-state index contributed by atoms with van der Waals surface area (Å²) < 4.78 is 11.0. The van der Waals surface area contributed by atoms with Gasteiger partial charge >= 0.3 is 13.1 Å². The molecule has 1 heterocycles. The molecule has 0 aliphatic heterocycles. The monoisotopic (exact) mass is 417 g/mol. The van der Waals surface area contributed by atoms with Crippen molar-refractivity contribution in [3.05, 3.63) is 64.1 Å². The number of methoxy groups -OCH3 is 1. The molecule has 1 aromatic heterocycles. The number of nitrogens with zero attached hydrogens (tertiary/aromatic N) is 1. The molecule has 3 rings (SSSR count). The Bertz CT molecular complexity index is 884. The third kappa shape index (κ3) is 4.28. The van der Waals surface area contributed by atoms with Crippen molar-refractivity contribution < 1.29 is 19.2 Å². The highest BCUT2D eigenvalue weighted by molar-refractivity contribution is 9.10. The van der Waals surface area contributed by atoms with Crippen molar-refractivity contribution in [2.45, 2.75) is 0 Å². The van der Waals surface area contributed by atoms with Gasteiger partial charge < -0.3 is 14.4 Å². The number of halogens is 1. The van der Waals surface area contributed by atoms with E-state index in [1.165, 1.54) is 24.5 Å². The fourth-order valence-electron chi connectivity index (χ4n) is 2.20. The molecule has 126 valence electrons. The summed E-state index contributed by atoms with van der Waals surface area (Å²) in [5.74, 6) is 0.0448. The standard InChI is InChI=1S/C17H13BBrNO4S/c1-23-17(21)12-3-2-4-13(9-12)18(22)24-14-7-5-11(6-8-14)16-20-15(19)10-25-16/h2-10,22H,1H3. The van der Waals surface area contributed by atoms with E-state index in [1.54, 1.807) is 30.3 Å². The maximum Gasteiger partial charge on any atom is 0.560 e. The van der Waals surface area contributed by atoms with Crippen LogP contribution in [0.4, 0.5) is 0 Å². The van der Waals surface area contributed by atoms with Crippen LogP contribution in [0.1, 0.15) is 10.4 Å². The first-order chi connectivity index (χ1) is 12.1. The van der Waals surface area contributed by atoms with Crippen LogP contribution in [0.25, 0.3) is 10.6 Å². The summed E-state index contributed by atoms with van der Waals surface area (Å²) in [5.41, 5.74) is 1.79. The number of esters is 1. The number of benzene rings is 2. The Balaban J connectivity index is 1.72. The minimum Gasteiger partial charge on any atom is -0.532 e. The number of hydrogen-bond acceptors (Lipinski definition) is 6. The van der Waals surface area contributed by atoms with Crippen molar-refractivity contribution >= 4 is 45.8 Å². The molecule has 0 bridgehead atoms. The van der Waals surface area contributed by atoms with Gasteiger partial charge in [0.05, 0.1) is 12.7 Å². The summed E-state index contributed by atoms with van der Waals surface area (Å²) in [6.07, 6.45) is 0. The van der Waals surface area contributed by atoms with Gasteiger partial charge in [0.15, 0.2) is 0 Å². The Hall–Kier alpha value is -2.16. The van der Waals surface area contributed by atoms with Gasteiger partial charge in [0.2, 0.25) is 0 Å². The molecule has 0 spiro atoms. The van der Waals surface area contributed by atoms with Crippen LogP contribution in [0.15, 0.2) is 58.5 Å². The second kappa shape index (κ2) is 7.82. The molecule has 1 N–H and O–H groups in total. The van der Waals surface area contributed by atoms with E-state index in [0.717, 1.165) is 15.2 Å². The second-order valence-corrected chi connectivity index (χ2v) is 6.76. The first-order valence-corrected chi connectivity index (χ1v) is 8.98. The highest BCUT2D eigenvalue weighted by Gasteiger charge is 2.20. The Labute approximate surface area is 157 Å². The number of rotatable bonds is 5. The fourth-order valence-corrected chi connectivity index (χ4v) is 3.46. The number of ether oxygens (including phenoxy) is 1. The molecule has 8 heteroatoms. The van der Waals surface area contributed by atoms with Crippen LogP contribution >= 0.6 is 27.3 Å². The number of carbonyl (C=O) groups is 1. The molecule has 0 aliphatic rings. The fraction of sp³-hybridized carbons (Fsp3) is 0.0588. The molecule has 3 aromatic rings. The van der Waals surface area contributed by atoms with Gasteiger partial charge in [-0.15, -0.1) is 11.3 Å². The summed E-state index contributed by atoms with van der Waals surface area (Å²) in [5, 5.41) is 13.1. The lowest BCUT2D eigenvalue weighted by Gasteiger charge is -2.11. The zero-order valence-corrected chi connectivity index (χ0v) is 15.6. The molecule has 25 heavy (non-hydrogen) atoms. The quantitative estimate of drug-likeness (QED) is 0.510. The van der Waals surface area contributed by atoms with Crippen LogP contribution in [0.5, 0.6) is 5.75 Å². The highest BCUT2D eigenvalue weighted by Crippen LogP contribution is 2.27. The predicted molar refractivity (Wildman–Crippen MR) is 101 cm³/mol. The van der Waals surface area contributed by atoms with E-state index >= 15 is 0 Å². The summed E-state index contributed by atoms with van der Waals surface area (Å²) >= 11 is 4.87. The van der Waals surface area contributed by atoms with E-state index in [2.05, 4.69) is 25.7 Å². The van der Waals surface area contributed by atoms with E-state index in [0.29, 0.717) is 16.8 Å². The van der Waals surface area contributed by atoms with Crippen molar-refractivity contribution in [2.24, 2.45) is 0 Å². The molecule has 0 fully saturated rings. The van der Waals surface area contributed by atoms with Crippen molar-refractivity contribution in [1.29, 1.82) is 0 Å². The third-order valence-electron chi connectivity index (χ3n) is 3.42. The lowest BCUT2D eigenvalue weighted by molar-refractivity contribution is 0.0601. The van der Waals surface area contributed by atoms with E-state index in [9.17, 15) is 9.82 Å². The first-order valence-electron chi connectivity index (χ1n) is 7.31. The van der Waals surface area contributed by atoms with Gasteiger partial charge in [-0.1, -0.05) is 12.1 Å². The molecular formula is C17H13BBrNO4S. The van der Waals surface area contributed by atoms with Crippen molar-refractivity contribution in [3.63, 3.8) is 0 Å². The highest BCUT2D eigenvalue weighted by atomic mass is 79.9. The first kappa shape index (κ1) is 17.7. The van der Waals surface area contributed by atoms with E-state index < -0.39 is 13.1 Å². The van der Waals surface area contributed by atoms with Gasteiger partial charge in [-0.3, -0.25) is 0 Å². The Morgan fingerprint density at radius 3 is 2.64 bits per heavy atom. The molecule has 0 unspecified atom stereocenters. The van der Waals surface area contributed by atoms with Gasteiger partial charge in [0, 0.05) is 10.9 Å².